The van der Waals surface area contributed by atoms with Crippen LogP contribution in [0, 0.1) is 0 Å². The van der Waals surface area contributed by atoms with Gasteiger partial charge < -0.3 is 10.3 Å². The quantitative estimate of drug-likeness (QED) is 0.622. The van der Waals surface area contributed by atoms with Crippen molar-refractivity contribution in [1.29, 1.82) is 0 Å². The van der Waals surface area contributed by atoms with E-state index in [9.17, 15) is 8.42 Å². The zero-order valence-corrected chi connectivity index (χ0v) is 11.3. The van der Waals surface area contributed by atoms with Crippen molar-refractivity contribution in [3.05, 3.63) is 18.2 Å². The van der Waals surface area contributed by atoms with Gasteiger partial charge in [-0.05, 0) is 19.8 Å². The van der Waals surface area contributed by atoms with E-state index in [4.69, 9.17) is 0 Å². The predicted octanol–water partition coefficient (Wildman–Crippen LogP) is 0.0121. The van der Waals surface area contributed by atoms with Gasteiger partial charge in [0.2, 0.25) is 10.0 Å². The zero-order valence-electron chi connectivity index (χ0n) is 10.5. The number of nitrogens with one attached hydrogen (secondary N) is 3. The molecule has 0 unspecified atom stereocenters. The van der Waals surface area contributed by atoms with Crippen LogP contribution in [0.1, 0.15) is 25.6 Å². The Hall–Kier alpha value is -0.920. The molecule has 1 atom stereocenters. The summed E-state index contributed by atoms with van der Waals surface area (Å²) in [5.74, 6) is 0.938. The fourth-order valence-electron chi connectivity index (χ4n) is 1.68. The van der Waals surface area contributed by atoms with Gasteiger partial charge in [-0.25, -0.2) is 18.1 Å². The van der Waals surface area contributed by atoms with Crippen molar-refractivity contribution >= 4 is 10.0 Å². The van der Waals surface area contributed by atoms with E-state index in [1.807, 2.05) is 6.92 Å². The lowest BCUT2D eigenvalue weighted by Crippen LogP contribution is -2.40. The summed E-state index contributed by atoms with van der Waals surface area (Å²) < 4.78 is 25.9. The average molecular weight is 272 g/mol. The second-order valence-electron chi connectivity index (χ2n) is 4.73. The Morgan fingerprint density at radius 2 is 2.33 bits per heavy atom. The summed E-state index contributed by atoms with van der Waals surface area (Å²) in [6, 6.07) is 0.119. The molecule has 3 N–H and O–H groups in total. The molecule has 1 saturated carbocycles. The van der Waals surface area contributed by atoms with E-state index in [1.54, 1.807) is 12.4 Å². The van der Waals surface area contributed by atoms with Crippen molar-refractivity contribution in [2.45, 2.75) is 37.5 Å². The van der Waals surface area contributed by atoms with Gasteiger partial charge in [-0.3, -0.25) is 0 Å². The Kier molecular flexibility index (Phi) is 4.36. The summed E-state index contributed by atoms with van der Waals surface area (Å²) in [6.45, 7) is 3.19. The molecule has 1 heterocycles. The Bertz CT molecular complexity index is 453. The molecule has 0 saturated heterocycles. The average Bonchev–Trinajstić information content (AvgIpc) is 3.07. The summed E-state index contributed by atoms with van der Waals surface area (Å²) in [4.78, 5) is 7.15. The molecule has 2 rings (SSSR count). The molecular weight excluding hydrogens is 252 g/mol. The first-order valence-corrected chi connectivity index (χ1v) is 7.82. The van der Waals surface area contributed by atoms with Crippen LogP contribution in [0.15, 0.2) is 12.4 Å². The highest BCUT2D eigenvalue weighted by Crippen LogP contribution is 2.27. The summed E-state index contributed by atoms with van der Waals surface area (Å²) in [7, 11) is -3.06. The number of imidazole rings is 1. The monoisotopic (exact) mass is 272 g/mol. The van der Waals surface area contributed by atoms with Gasteiger partial charge in [0.25, 0.3) is 0 Å². The van der Waals surface area contributed by atoms with Crippen LogP contribution in [-0.2, 0) is 16.4 Å². The minimum absolute atomic E-state index is 0.119. The maximum Gasteiger partial charge on any atom is 0.214 e. The van der Waals surface area contributed by atoms with Gasteiger partial charge in [-0.15, -0.1) is 0 Å². The topological polar surface area (TPSA) is 86.9 Å². The molecule has 1 aliphatic carbocycles. The minimum atomic E-state index is -3.06. The third kappa shape index (κ3) is 4.08. The zero-order chi connectivity index (χ0) is 13.0. The van der Waals surface area contributed by atoms with Crippen LogP contribution in [-0.4, -0.2) is 42.8 Å². The maximum absolute atomic E-state index is 11.6. The molecule has 18 heavy (non-hydrogen) atoms. The lowest BCUT2D eigenvalue weighted by molar-refractivity contribution is 0.523. The number of rotatable bonds is 8. The summed E-state index contributed by atoms with van der Waals surface area (Å²) >= 11 is 0. The lowest BCUT2D eigenvalue weighted by Gasteiger charge is -2.14. The van der Waals surface area contributed by atoms with E-state index in [0.29, 0.717) is 6.54 Å². The first-order valence-electron chi connectivity index (χ1n) is 6.28. The van der Waals surface area contributed by atoms with Crippen LogP contribution in [0.2, 0.25) is 0 Å². The predicted molar refractivity (Wildman–Crippen MR) is 69.7 cm³/mol. The van der Waals surface area contributed by atoms with Gasteiger partial charge in [-0.1, -0.05) is 0 Å². The summed E-state index contributed by atoms with van der Waals surface area (Å²) in [5.41, 5.74) is 0. The molecule has 0 radical (unpaired) electrons. The molecular formula is C11H20N4O2S. The van der Waals surface area contributed by atoms with Crippen LogP contribution >= 0.6 is 0 Å². The standard InChI is InChI=1S/C11H20N4O2S/c1-9(8-15-18(16,17)10-2-3-10)12-5-4-11-13-6-7-14-11/h6-7,9-10,12,15H,2-5,8H2,1H3,(H,13,14)/t9-/m1/s1. The second-order valence-corrected chi connectivity index (χ2v) is 6.78. The number of sulfonamides is 1. The molecule has 1 aliphatic rings. The summed E-state index contributed by atoms with van der Waals surface area (Å²) in [5, 5.41) is 3.12. The van der Waals surface area contributed by atoms with E-state index in [0.717, 1.165) is 31.6 Å². The Morgan fingerprint density at radius 1 is 1.56 bits per heavy atom. The van der Waals surface area contributed by atoms with E-state index in [1.165, 1.54) is 0 Å². The highest BCUT2D eigenvalue weighted by atomic mass is 32.2. The third-order valence-corrected chi connectivity index (χ3v) is 4.88. The molecule has 1 aromatic rings. The van der Waals surface area contributed by atoms with E-state index >= 15 is 0 Å². The SMILES string of the molecule is C[C@H](CNS(=O)(=O)C1CC1)NCCc1ncc[nH]1. The van der Waals surface area contributed by atoms with Gasteiger partial charge in [0.05, 0.1) is 5.25 Å². The lowest BCUT2D eigenvalue weighted by atomic mass is 10.3. The van der Waals surface area contributed by atoms with Crippen LogP contribution in [0.4, 0.5) is 0 Å². The van der Waals surface area contributed by atoms with Crippen molar-refractivity contribution in [2.75, 3.05) is 13.1 Å². The number of aromatic amines is 1. The van der Waals surface area contributed by atoms with Crippen molar-refractivity contribution in [1.82, 2.24) is 20.0 Å². The summed E-state index contributed by atoms with van der Waals surface area (Å²) in [6.07, 6.45) is 5.93. The van der Waals surface area contributed by atoms with E-state index in [-0.39, 0.29) is 11.3 Å². The number of hydrogen-bond donors (Lipinski definition) is 3. The number of aromatic nitrogens is 2. The van der Waals surface area contributed by atoms with Crippen molar-refractivity contribution in [3.63, 3.8) is 0 Å². The fourth-order valence-corrected chi connectivity index (χ4v) is 3.16. The fraction of sp³-hybridized carbons (Fsp3) is 0.727. The van der Waals surface area contributed by atoms with Crippen molar-refractivity contribution in [3.8, 4) is 0 Å². The molecule has 1 fully saturated rings. The first-order chi connectivity index (χ1) is 8.58. The number of H-pyrrole nitrogens is 1. The molecule has 6 nitrogen and oxygen atoms in total. The Morgan fingerprint density at radius 3 is 2.94 bits per heavy atom. The van der Waals surface area contributed by atoms with Crippen molar-refractivity contribution < 1.29 is 8.42 Å². The maximum atomic E-state index is 11.6. The van der Waals surface area contributed by atoms with Crippen molar-refractivity contribution in [2.24, 2.45) is 0 Å². The molecule has 0 aliphatic heterocycles. The van der Waals surface area contributed by atoms with E-state index in [2.05, 4.69) is 20.0 Å². The molecule has 0 spiro atoms. The molecule has 102 valence electrons. The van der Waals surface area contributed by atoms with Gasteiger partial charge >= 0.3 is 0 Å². The van der Waals surface area contributed by atoms with Gasteiger partial charge in [0.15, 0.2) is 0 Å². The van der Waals surface area contributed by atoms with Gasteiger partial charge in [0.1, 0.15) is 5.82 Å². The third-order valence-electron chi connectivity index (χ3n) is 2.96. The molecule has 7 heteroatoms. The molecule has 0 aromatic carbocycles. The Labute approximate surface area is 108 Å². The second kappa shape index (κ2) is 5.81. The van der Waals surface area contributed by atoms with Crippen LogP contribution in [0.5, 0.6) is 0 Å². The van der Waals surface area contributed by atoms with Crippen LogP contribution in [0.25, 0.3) is 0 Å². The highest BCUT2D eigenvalue weighted by molar-refractivity contribution is 7.90. The normalized spacial score (nSPS) is 17.8. The first kappa shape index (κ1) is 13.5. The molecule has 0 amide bonds. The number of nitrogens with zero attached hydrogens (tertiary/aromatic N) is 1. The Balaban J connectivity index is 1.61. The highest BCUT2D eigenvalue weighted by Gasteiger charge is 2.35. The van der Waals surface area contributed by atoms with E-state index < -0.39 is 10.0 Å². The van der Waals surface area contributed by atoms with Crippen LogP contribution in [0.3, 0.4) is 0 Å². The number of hydrogen-bond acceptors (Lipinski definition) is 4. The smallest absolute Gasteiger partial charge is 0.214 e. The van der Waals surface area contributed by atoms with Gasteiger partial charge in [0, 0.05) is 37.9 Å². The molecule has 0 bridgehead atoms. The van der Waals surface area contributed by atoms with Gasteiger partial charge in [-0.2, -0.15) is 0 Å². The minimum Gasteiger partial charge on any atom is -0.349 e. The van der Waals surface area contributed by atoms with Crippen LogP contribution < -0.4 is 10.0 Å². The molecule has 1 aromatic heterocycles. The largest absolute Gasteiger partial charge is 0.349 e.